The van der Waals surface area contributed by atoms with Crippen LogP contribution in [-0.4, -0.2) is 35.6 Å². The van der Waals surface area contributed by atoms with Crippen molar-refractivity contribution in [2.75, 3.05) is 31.1 Å². The van der Waals surface area contributed by atoms with Crippen molar-refractivity contribution < 1.29 is 13.2 Å². The molecule has 0 amide bonds. The second kappa shape index (κ2) is 9.51. The Balaban J connectivity index is 1.51. The van der Waals surface area contributed by atoms with Gasteiger partial charge in [-0.1, -0.05) is 24.3 Å². The second-order valence-electron chi connectivity index (χ2n) is 8.89. The molecule has 1 fully saturated rings. The number of aryl methyl sites for hydroxylation is 1. The van der Waals surface area contributed by atoms with E-state index in [0.717, 1.165) is 11.1 Å². The predicted molar refractivity (Wildman–Crippen MR) is 132 cm³/mol. The van der Waals surface area contributed by atoms with E-state index < -0.39 is 11.4 Å². The molecule has 4 aromatic rings. The van der Waals surface area contributed by atoms with Crippen LogP contribution in [0.3, 0.4) is 0 Å². The average molecular weight is 489 g/mol. The topological polar surface area (TPSA) is 52.3 Å². The summed E-state index contributed by atoms with van der Waals surface area (Å²) in [6.45, 7) is 2.06. The van der Waals surface area contributed by atoms with Gasteiger partial charge in [0.1, 0.15) is 29.1 Å². The Morgan fingerprint density at radius 3 is 1.86 bits per heavy atom. The number of rotatable bonds is 4. The van der Waals surface area contributed by atoms with Gasteiger partial charge in [-0.3, -0.25) is 9.69 Å². The summed E-state index contributed by atoms with van der Waals surface area (Å²) in [6.07, 6.45) is 0. The number of nitriles is 1. The van der Waals surface area contributed by atoms with Crippen LogP contribution in [0.5, 0.6) is 0 Å². The molecule has 1 aliphatic heterocycles. The summed E-state index contributed by atoms with van der Waals surface area (Å²) in [5.74, 6) is -1.12. The summed E-state index contributed by atoms with van der Waals surface area (Å²) in [6, 6.07) is 18.5. The van der Waals surface area contributed by atoms with Crippen molar-refractivity contribution in [3.63, 3.8) is 0 Å². The van der Waals surface area contributed by atoms with Crippen LogP contribution in [0.25, 0.3) is 10.9 Å². The molecule has 1 aromatic heterocycles. The highest BCUT2D eigenvalue weighted by Crippen LogP contribution is 2.34. The van der Waals surface area contributed by atoms with Crippen LogP contribution in [0.2, 0.25) is 0 Å². The Morgan fingerprint density at radius 2 is 1.33 bits per heavy atom. The minimum absolute atomic E-state index is 0.0160. The minimum Gasteiger partial charge on any atom is -0.367 e. The maximum absolute atomic E-state index is 14.2. The molecule has 36 heavy (non-hydrogen) atoms. The first-order valence-electron chi connectivity index (χ1n) is 11.6. The molecule has 1 saturated heterocycles. The monoisotopic (exact) mass is 488 g/mol. The van der Waals surface area contributed by atoms with Crippen LogP contribution >= 0.6 is 0 Å². The standard InChI is InChI=1S/C28H23F3N4O/c1-33-25-11-10-22(31)16-23(25)27(24(17-32)28(33)36)35-14-12-34(13-15-35)26(18-2-6-20(29)7-3-18)19-4-8-21(30)9-5-19/h2-11,16,26H,12-15H2,1H3. The van der Waals surface area contributed by atoms with E-state index in [1.54, 1.807) is 37.4 Å². The Labute approximate surface area is 206 Å². The maximum Gasteiger partial charge on any atom is 0.270 e. The lowest BCUT2D eigenvalue weighted by molar-refractivity contribution is 0.212. The van der Waals surface area contributed by atoms with Crippen molar-refractivity contribution in [2.45, 2.75) is 6.04 Å². The molecule has 0 radical (unpaired) electrons. The molecule has 0 saturated carbocycles. The Hall–Kier alpha value is -4.09. The molecule has 0 spiro atoms. The summed E-state index contributed by atoms with van der Waals surface area (Å²) >= 11 is 0. The number of halogens is 3. The number of nitrogens with zero attached hydrogens (tertiary/aromatic N) is 4. The smallest absolute Gasteiger partial charge is 0.270 e. The van der Waals surface area contributed by atoms with E-state index in [1.165, 1.54) is 41.0 Å². The van der Waals surface area contributed by atoms with Gasteiger partial charge in [0.25, 0.3) is 5.56 Å². The molecule has 3 aromatic carbocycles. The molecule has 0 aliphatic carbocycles. The lowest BCUT2D eigenvalue weighted by Crippen LogP contribution is -2.48. The van der Waals surface area contributed by atoms with Crippen molar-refractivity contribution in [1.29, 1.82) is 5.26 Å². The van der Waals surface area contributed by atoms with Gasteiger partial charge in [-0.25, -0.2) is 13.2 Å². The highest BCUT2D eigenvalue weighted by molar-refractivity contribution is 5.95. The van der Waals surface area contributed by atoms with Crippen LogP contribution in [0.4, 0.5) is 18.9 Å². The predicted octanol–water partition coefficient (Wildman–Crippen LogP) is 4.74. The van der Waals surface area contributed by atoms with Gasteiger partial charge in [0, 0.05) is 38.6 Å². The Morgan fingerprint density at radius 1 is 0.806 bits per heavy atom. The fourth-order valence-electron chi connectivity index (χ4n) is 5.04. The first kappa shape index (κ1) is 23.6. The van der Waals surface area contributed by atoms with E-state index in [0.29, 0.717) is 42.8 Å². The van der Waals surface area contributed by atoms with Crippen LogP contribution in [0, 0.1) is 28.8 Å². The normalized spacial score (nSPS) is 14.4. The van der Waals surface area contributed by atoms with Gasteiger partial charge in [-0.15, -0.1) is 0 Å². The van der Waals surface area contributed by atoms with Crippen molar-refractivity contribution >= 4 is 16.6 Å². The first-order valence-corrected chi connectivity index (χ1v) is 11.6. The van der Waals surface area contributed by atoms with Crippen LogP contribution in [-0.2, 0) is 7.05 Å². The highest BCUT2D eigenvalue weighted by atomic mass is 19.1. The third kappa shape index (κ3) is 4.23. The van der Waals surface area contributed by atoms with E-state index in [-0.39, 0.29) is 23.2 Å². The molecule has 0 bridgehead atoms. The van der Waals surface area contributed by atoms with Gasteiger partial charge in [-0.05, 0) is 53.6 Å². The molecule has 5 nitrogen and oxygen atoms in total. The van der Waals surface area contributed by atoms with E-state index in [1.807, 2.05) is 11.0 Å². The number of hydrogen-bond donors (Lipinski definition) is 0. The molecule has 182 valence electrons. The van der Waals surface area contributed by atoms with Crippen LogP contribution in [0.15, 0.2) is 71.5 Å². The summed E-state index contributed by atoms with van der Waals surface area (Å²) in [5.41, 5.74) is 2.29. The number of benzene rings is 3. The van der Waals surface area contributed by atoms with Crippen molar-refractivity contribution in [3.8, 4) is 6.07 Å². The molecule has 0 atom stereocenters. The molecular weight excluding hydrogens is 465 g/mol. The Kier molecular flexibility index (Phi) is 6.25. The molecule has 0 N–H and O–H groups in total. The number of anilines is 1. The fraction of sp³-hybridized carbons (Fsp3) is 0.214. The van der Waals surface area contributed by atoms with Gasteiger partial charge in [0.05, 0.1) is 17.2 Å². The van der Waals surface area contributed by atoms with Crippen LogP contribution < -0.4 is 10.5 Å². The van der Waals surface area contributed by atoms with Crippen LogP contribution in [0.1, 0.15) is 22.7 Å². The zero-order valence-electron chi connectivity index (χ0n) is 19.6. The largest absolute Gasteiger partial charge is 0.367 e. The number of hydrogen-bond acceptors (Lipinski definition) is 4. The number of pyridine rings is 1. The summed E-state index contributed by atoms with van der Waals surface area (Å²) in [5, 5.41) is 10.3. The third-order valence-electron chi connectivity index (χ3n) is 6.81. The van der Waals surface area contributed by atoms with Gasteiger partial charge in [-0.2, -0.15) is 5.26 Å². The SMILES string of the molecule is Cn1c(=O)c(C#N)c(N2CCN(C(c3ccc(F)cc3)c3ccc(F)cc3)CC2)c2cc(F)ccc21. The maximum atomic E-state index is 14.2. The first-order chi connectivity index (χ1) is 17.4. The van der Waals surface area contributed by atoms with Gasteiger partial charge in [0.15, 0.2) is 0 Å². The molecule has 5 rings (SSSR count). The van der Waals surface area contributed by atoms with Gasteiger partial charge in [0.2, 0.25) is 0 Å². The van der Waals surface area contributed by atoms with Gasteiger partial charge < -0.3 is 9.47 Å². The average Bonchev–Trinajstić information content (AvgIpc) is 2.89. The van der Waals surface area contributed by atoms with Crippen molar-refractivity contribution in [1.82, 2.24) is 9.47 Å². The summed E-state index contributed by atoms with van der Waals surface area (Å²) in [7, 11) is 1.57. The molecule has 0 unspecified atom stereocenters. The molecule has 8 heteroatoms. The van der Waals surface area contributed by atoms with E-state index in [4.69, 9.17) is 0 Å². The zero-order valence-corrected chi connectivity index (χ0v) is 19.6. The zero-order chi connectivity index (χ0) is 25.4. The molecule has 2 heterocycles. The number of aromatic nitrogens is 1. The number of piperazine rings is 1. The lowest BCUT2D eigenvalue weighted by Gasteiger charge is -2.41. The van der Waals surface area contributed by atoms with Crippen molar-refractivity contribution in [2.24, 2.45) is 7.05 Å². The summed E-state index contributed by atoms with van der Waals surface area (Å²) in [4.78, 5) is 17.1. The Bertz CT molecular complexity index is 1470. The number of fused-ring (bicyclic) bond motifs is 1. The second-order valence-corrected chi connectivity index (χ2v) is 8.89. The molecule has 1 aliphatic rings. The summed E-state index contributed by atoms with van der Waals surface area (Å²) < 4.78 is 42.8. The van der Waals surface area contributed by atoms with E-state index in [9.17, 15) is 23.2 Å². The lowest BCUT2D eigenvalue weighted by atomic mass is 9.96. The molecular formula is C28H23F3N4O. The van der Waals surface area contributed by atoms with Crippen molar-refractivity contribution in [3.05, 3.63) is 111 Å². The fourth-order valence-corrected chi connectivity index (χ4v) is 5.04. The highest BCUT2D eigenvalue weighted by Gasteiger charge is 2.29. The van der Waals surface area contributed by atoms with E-state index >= 15 is 0 Å². The quantitative estimate of drug-likeness (QED) is 0.417. The minimum atomic E-state index is -0.447. The van der Waals surface area contributed by atoms with Gasteiger partial charge >= 0.3 is 0 Å². The third-order valence-corrected chi connectivity index (χ3v) is 6.81. The van der Waals surface area contributed by atoms with E-state index in [2.05, 4.69) is 4.90 Å².